The first-order valence-corrected chi connectivity index (χ1v) is 7.71. The minimum atomic E-state index is -0.841. The predicted molar refractivity (Wildman–Crippen MR) is 78.6 cm³/mol. The maximum Gasteiger partial charge on any atom is 0.314 e. The molecule has 116 valence electrons. The topological polar surface area (TPSA) is 78.4 Å². The van der Waals surface area contributed by atoms with Crippen LogP contribution >= 0.6 is 0 Å². The first-order valence-electron chi connectivity index (χ1n) is 7.71. The Bertz CT molecular complexity index is 325. The van der Waals surface area contributed by atoms with Crippen LogP contribution in [0.5, 0.6) is 0 Å². The van der Waals surface area contributed by atoms with Crippen molar-refractivity contribution in [3.05, 3.63) is 0 Å². The number of hydrogen-bond acceptors (Lipinski definition) is 2. The SMILES string of the molecule is CCCC(CNC(=O)NCC1(C)CCCCC1)C(=O)O. The van der Waals surface area contributed by atoms with Crippen LogP contribution in [0.1, 0.15) is 58.8 Å². The third-order valence-corrected chi connectivity index (χ3v) is 4.23. The van der Waals surface area contributed by atoms with Crippen molar-refractivity contribution in [1.82, 2.24) is 10.6 Å². The van der Waals surface area contributed by atoms with Crippen LogP contribution in [0.25, 0.3) is 0 Å². The lowest BCUT2D eigenvalue weighted by atomic mass is 9.76. The second-order valence-electron chi connectivity index (χ2n) is 6.26. The first-order chi connectivity index (χ1) is 9.47. The maximum absolute atomic E-state index is 11.7. The fourth-order valence-electron chi connectivity index (χ4n) is 2.82. The van der Waals surface area contributed by atoms with Gasteiger partial charge >= 0.3 is 12.0 Å². The molecule has 1 fully saturated rings. The highest BCUT2D eigenvalue weighted by molar-refractivity contribution is 5.75. The van der Waals surface area contributed by atoms with Crippen molar-refractivity contribution in [3.8, 4) is 0 Å². The Kier molecular flexibility index (Phi) is 6.82. The highest BCUT2D eigenvalue weighted by atomic mass is 16.4. The van der Waals surface area contributed by atoms with Crippen LogP contribution < -0.4 is 10.6 Å². The average molecular weight is 284 g/mol. The number of carboxylic acids is 1. The lowest BCUT2D eigenvalue weighted by Gasteiger charge is -2.33. The molecule has 20 heavy (non-hydrogen) atoms. The minimum absolute atomic E-state index is 0.200. The van der Waals surface area contributed by atoms with Crippen molar-refractivity contribution in [2.24, 2.45) is 11.3 Å². The van der Waals surface area contributed by atoms with Crippen LogP contribution in [-0.2, 0) is 4.79 Å². The molecule has 2 amide bonds. The Morgan fingerprint density at radius 3 is 2.40 bits per heavy atom. The van der Waals surface area contributed by atoms with Crippen LogP contribution in [-0.4, -0.2) is 30.2 Å². The van der Waals surface area contributed by atoms with E-state index in [1.165, 1.54) is 19.3 Å². The molecule has 1 saturated carbocycles. The lowest BCUT2D eigenvalue weighted by molar-refractivity contribution is -0.141. The van der Waals surface area contributed by atoms with Crippen molar-refractivity contribution >= 4 is 12.0 Å². The molecule has 0 aromatic heterocycles. The maximum atomic E-state index is 11.7. The van der Waals surface area contributed by atoms with Gasteiger partial charge in [0.2, 0.25) is 0 Å². The van der Waals surface area contributed by atoms with E-state index in [1.54, 1.807) is 0 Å². The number of urea groups is 1. The molecule has 0 radical (unpaired) electrons. The summed E-state index contributed by atoms with van der Waals surface area (Å²) in [4.78, 5) is 22.7. The van der Waals surface area contributed by atoms with Crippen LogP contribution in [0.3, 0.4) is 0 Å². The summed E-state index contributed by atoms with van der Waals surface area (Å²) in [5.41, 5.74) is 0.200. The predicted octanol–water partition coefficient (Wildman–Crippen LogP) is 2.76. The number of aliphatic carboxylic acids is 1. The number of carbonyl (C=O) groups excluding carboxylic acids is 1. The third kappa shape index (κ3) is 5.80. The smallest absolute Gasteiger partial charge is 0.314 e. The molecule has 1 atom stereocenters. The van der Waals surface area contributed by atoms with Gasteiger partial charge in [-0.25, -0.2) is 4.79 Å². The molecule has 1 aliphatic rings. The van der Waals surface area contributed by atoms with Gasteiger partial charge in [0.05, 0.1) is 5.92 Å². The zero-order valence-corrected chi connectivity index (χ0v) is 12.7. The molecule has 1 rings (SSSR count). The molecule has 5 nitrogen and oxygen atoms in total. The van der Waals surface area contributed by atoms with Gasteiger partial charge in [0, 0.05) is 13.1 Å². The van der Waals surface area contributed by atoms with Crippen molar-refractivity contribution in [3.63, 3.8) is 0 Å². The van der Waals surface area contributed by atoms with Gasteiger partial charge in [0.25, 0.3) is 0 Å². The molecule has 0 aliphatic heterocycles. The number of amides is 2. The highest BCUT2D eigenvalue weighted by Crippen LogP contribution is 2.34. The molecule has 3 N–H and O–H groups in total. The monoisotopic (exact) mass is 284 g/mol. The summed E-state index contributed by atoms with van der Waals surface area (Å²) in [7, 11) is 0. The Balaban J connectivity index is 2.27. The fraction of sp³-hybridized carbons (Fsp3) is 0.867. The van der Waals surface area contributed by atoms with E-state index < -0.39 is 11.9 Å². The third-order valence-electron chi connectivity index (χ3n) is 4.23. The second-order valence-corrected chi connectivity index (χ2v) is 6.26. The quantitative estimate of drug-likeness (QED) is 0.672. The molecular formula is C15H28N2O3. The normalized spacial score (nSPS) is 19.1. The van der Waals surface area contributed by atoms with E-state index in [4.69, 9.17) is 5.11 Å². The highest BCUT2D eigenvalue weighted by Gasteiger charge is 2.27. The Labute approximate surface area is 121 Å². The number of nitrogens with one attached hydrogen (secondary N) is 2. The Morgan fingerprint density at radius 1 is 1.20 bits per heavy atom. The van der Waals surface area contributed by atoms with E-state index in [1.807, 2.05) is 6.92 Å². The molecule has 0 bridgehead atoms. The molecule has 0 aromatic rings. The molecule has 0 saturated heterocycles. The minimum Gasteiger partial charge on any atom is -0.481 e. The Morgan fingerprint density at radius 2 is 1.85 bits per heavy atom. The number of carbonyl (C=O) groups is 2. The molecule has 1 unspecified atom stereocenters. The average Bonchev–Trinajstić information content (AvgIpc) is 2.42. The van der Waals surface area contributed by atoms with Crippen molar-refractivity contribution in [2.75, 3.05) is 13.1 Å². The zero-order valence-electron chi connectivity index (χ0n) is 12.7. The van der Waals surface area contributed by atoms with Gasteiger partial charge in [-0.05, 0) is 24.7 Å². The zero-order chi connectivity index (χ0) is 15.0. The van der Waals surface area contributed by atoms with Crippen molar-refractivity contribution in [1.29, 1.82) is 0 Å². The van der Waals surface area contributed by atoms with Crippen LogP contribution in [0.4, 0.5) is 4.79 Å². The van der Waals surface area contributed by atoms with E-state index in [-0.39, 0.29) is 18.0 Å². The van der Waals surface area contributed by atoms with Gasteiger partial charge in [0.15, 0.2) is 0 Å². The van der Waals surface area contributed by atoms with Gasteiger partial charge in [-0.1, -0.05) is 39.5 Å². The second kappa shape index (κ2) is 8.12. The molecule has 0 spiro atoms. The van der Waals surface area contributed by atoms with Crippen molar-refractivity contribution < 1.29 is 14.7 Å². The van der Waals surface area contributed by atoms with Gasteiger partial charge in [-0.3, -0.25) is 4.79 Å². The van der Waals surface area contributed by atoms with E-state index in [0.29, 0.717) is 13.0 Å². The lowest BCUT2D eigenvalue weighted by Crippen LogP contribution is -2.44. The summed E-state index contributed by atoms with van der Waals surface area (Å²) < 4.78 is 0. The van der Waals surface area contributed by atoms with Gasteiger partial charge < -0.3 is 15.7 Å². The van der Waals surface area contributed by atoms with Gasteiger partial charge in [-0.15, -0.1) is 0 Å². The standard InChI is InChI=1S/C15H28N2O3/c1-3-7-12(13(18)19)10-16-14(20)17-11-15(2)8-5-4-6-9-15/h12H,3-11H2,1-2H3,(H,18,19)(H2,16,17,20). The number of hydrogen-bond donors (Lipinski definition) is 3. The molecule has 0 aromatic carbocycles. The summed E-state index contributed by atoms with van der Waals surface area (Å²) in [6, 6.07) is -0.251. The number of rotatable bonds is 7. The fourth-order valence-corrected chi connectivity index (χ4v) is 2.82. The molecule has 5 heteroatoms. The largest absolute Gasteiger partial charge is 0.481 e. The summed E-state index contributed by atoms with van der Waals surface area (Å²) in [5.74, 6) is -1.33. The van der Waals surface area contributed by atoms with Gasteiger partial charge in [0.1, 0.15) is 0 Å². The van der Waals surface area contributed by atoms with E-state index in [9.17, 15) is 9.59 Å². The molecule has 0 heterocycles. The van der Waals surface area contributed by atoms with E-state index in [0.717, 1.165) is 19.3 Å². The summed E-state index contributed by atoms with van der Waals surface area (Å²) in [6.45, 7) is 5.03. The van der Waals surface area contributed by atoms with Crippen LogP contribution in [0, 0.1) is 11.3 Å². The van der Waals surface area contributed by atoms with Crippen LogP contribution in [0.15, 0.2) is 0 Å². The first kappa shape index (κ1) is 16.8. The van der Waals surface area contributed by atoms with Crippen molar-refractivity contribution in [2.45, 2.75) is 58.8 Å². The summed E-state index contributed by atoms with van der Waals surface area (Å²) in [5, 5.41) is 14.6. The molecular weight excluding hydrogens is 256 g/mol. The van der Waals surface area contributed by atoms with E-state index in [2.05, 4.69) is 17.6 Å². The molecule has 1 aliphatic carbocycles. The van der Waals surface area contributed by atoms with E-state index >= 15 is 0 Å². The van der Waals surface area contributed by atoms with Gasteiger partial charge in [-0.2, -0.15) is 0 Å². The van der Waals surface area contributed by atoms with Crippen LogP contribution in [0.2, 0.25) is 0 Å². The summed E-state index contributed by atoms with van der Waals surface area (Å²) in [6.07, 6.45) is 7.46. The summed E-state index contributed by atoms with van der Waals surface area (Å²) >= 11 is 0. The number of carboxylic acid groups (broad SMARTS) is 1. The Hall–Kier alpha value is -1.26.